The minimum Gasteiger partial charge on any atom is -0.502 e. The van der Waals surface area contributed by atoms with E-state index in [9.17, 15) is 14.7 Å². The van der Waals surface area contributed by atoms with Crippen molar-refractivity contribution in [2.75, 3.05) is 19.5 Å². The van der Waals surface area contributed by atoms with Crippen molar-refractivity contribution < 1.29 is 14.6 Å². The summed E-state index contributed by atoms with van der Waals surface area (Å²) in [5.41, 5.74) is -1.21. The third-order valence-corrected chi connectivity index (χ3v) is 2.54. The Kier molecular flexibility index (Phi) is 2.93. The maximum absolute atomic E-state index is 11.2. The summed E-state index contributed by atoms with van der Waals surface area (Å²) in [5, 5.41) is 11.9. The second kappa shape index (κ2) is 4.40. The topological polar surface area (TPSA) is 84.9 Å². The van der Waals surface area contributed by atoms with Crippen molar-refractivity contribution in [2.24, 2.45) is 0 Å². The average Bonchev–Trinajstić information content (AvgIpc) is 2.43. The van der Waals surface area contributed by atoms with Gasteiger partial charge in [0.15, 0.2) is 17.2 Å². The van der Waals surface area contributed by atoms with E-state index in [4.69, 9.17) is 9.47 Å². The summed E-state index contributed by atoms with van der Waals surface area (Å²) in [4.78, 5) is 22.0. The van der Waals surface area contributed by atoms with Crippen LogP contribution >= 0.6 is 0 Å². The van der Waals surface area contributed by atoms with Gasteiger partial charge in [0, 0.05) is 11.8 Å². The molecule has 0 saturated carbocycles. The SMILES string of the molecule is COc1ccc(Nc2c(O)c(=O)c2=O)cc1OC. The van der Waals surface area contributed by atoms with Crippen molar-refractivity contribution in [3.05, 3.63) is 38.6 Å². The smallest absolute Gasteiger partial charge is 0.271 e. The molecule has 0 amide bonds. The highest BCUT2D eigenvalue weighted by Crippen LogP contribution is 2.31. The van der Waals surface area contributed by atoms with Crippen molar-refractivity contribution in [3.63, 3.8) is 0 Å². The lowest BCUT2D eigenvalue weighted by Crippen LogP contribution is -2.32. The molecule has 0 atom stereocenters. The molecule has 18 heavy (non-hydrogen) atoms. The van der Waals surface area contributed by atoms with E-state index in [1.54, 1.807) is 18.2 Å². The van der Waals surface area contributed by atoms with Crippen LogP contribution < -0.4 is 25.6 Å². The first-order chi connectivity index (χ1) is 8.58. The van der Waals surface area contributed by atoms with Gasteiger partial charge in [-0.1, -0.05) is 0 Å². The number of hydrogen-bond donors (Lipinski definition) is 2. The molecule has 2 aromatic rings. The van der Waals surface area contributed by atoms with Gasteiger partial charge in [-0.15, -0.1) is 0 Å². The maximum Gasteiger partial charge on any atom is 0.271 e. The number of hydrogen-bond acceptors (Lipinski definition) is 6. The highest BCUT2D eigenvalue weighted by Gasteiger charge is 2.20. The highest BCUT2D eigenvalue weighted by atomic mass is 16.5. The zero-order valence-corrected chi connectivity index (χ0v) is 9.81. The molecule has 0 unspecified atom stereocenters. The quantitative estimate of drug-likeness (QED) is 0.778. The van der Waals surface area contributed by atoms with Gasteiger partial charge in [0.05, 0.1) is 14.2 Å². The third-order valence-electron chi connectivity index (χ3n) is 2.54. The van der Waals surface area contributed by atoms with E-state index in [0.717, 1.165) is 0 Å². The minimum absolute atomic E-state index is 0.104. The summed E-state index contributed by atoms with van der Waals surface area (Å²) >= 11 is 0. The summed E-state index contributed by atoms with van der Waals surface area (Å²) in [6.45, 7) is 0. The van der Waals surface area contributed by atoms with Crippen LogP contribution in [0.1, 0.15) is 0 Å². The Morgan fingerprint density at radius 2 is 1.72 bits per heavy atom. The normalized spacial score (nSPS) is 10.3. The summed E-state index contributed by atoms with van der Waals surface area (Å²) in [5.74, 6) is 0.465. The average molecular weight is 249 g/mol. The Morgan fingerprint density at radius 1 is 1.06 bits per heavy atom. The molecule has 2 rings (SSSR count). The minimum atomic E-state index is -0.877. The second-order valence-corrected chi connectivity index (χ2v) is 3.58. The highest BCUT2D eigenvalue weighted by molar-refractivity contribution is 5.70. The molecule has 0 radical (unpaired) electrons. The van der Waals surface area contributed by atoms with E-state index in [1.165, 1.54) is 14.2 Å². The van der Waals surface area contributed by atoms with Gasteiger partial charge in [-0.2, -0.15) is 0 Å². The van der Waals surface area contributed by atoms with E-state index >= 15 is 0 Å². The lowest BCUT2D eigenvalue weighted by atomic mass is 10.2. The molecule has 6 heteroatoms. The summed E-state index contributed by atoms with van der Waals surface area (Å²) in [7, 11) is 2.99. The maximum atomic E-state index is 11.2. The lowest BCUT2D eigenvalue weighted by Gasteiger charge is -2.12. The van der Waals surface area contributed by atoms with Gasteiger partial charge in [-0.3, -0.25) is 9.59 Å². The Bertz CT molecular complexity index is 655. The zero-order chi connectivity index (χ0) is 13.3. The van der Waals surface area contributed by atoms with Crippen LogP contribution in [0.5, 0.6) is 17.2 Å². The van der Waals surface area contributed by atoms with Crippen LogP contribution in [0.2, 0.25) is 0 Å². The van der Waals surface area contributed by atoms with Gasteiger partial charge >= 0.3 is 0 Å². The molecule has 0 bridgehead atoms. The van der Waals surface area contributed by atoms with Gasteiger partial charge in [0.2, 0.25) is 0 Å². The monoisotopic (exact) mass is 249 g/mol. The summed E-state index contributed by atoms with van der Waals surface area (Å²) < 4.78 is 10.2. The molecule has 2 aromatic carbocycles. The van der Waals surface area contributed by atoms with Gasteiger partial charge in [-0.25, -0.2) is 0 Å². The van der Waals surface area contributed by atoms with Crippen LogP contribution in [-0.4, -0.2) is 19.3 Å². The number of ether oxygens (including phenoxy) is 2. The molecule has 0 heterocycles. The Hall–Kier alpha value is -2.50. The third kappa shape index (κ3) is 1.77. The first-order valence-corrected chi connectivity index (χ1v) is 5.09. The van der Waals surface area contributed by atoms with Crippen molar-refractivity contribution in [3.8, 4) is 17.2 Å². The molecule has 0 fully saturated rings. The second-order valence-electron chi connectivity index (χ2n) is 3.58. The standard InChI is InChI=1S/C12H11NO5/c1-17-7-4-3-6(5-8(7)18-2)13-9-10(14)12(16)11(9)15/h3-5,13-14H,1-2H3. The van der Waals surface area contributed by atoms with E-state index in [1.807, 2.05) is 0 Å². The van der Waals surface area contributed by atoms with Crippen molar-refractivity contribution in [1.29, 1.82) is 0 Å². The predicted molar refractivity (Wildman–Crippen MR) is 65.8 cm³/mol. The molecule has 0 aromatic heterocycles. The molecule has 0 aliphatic heterocycles. The molecular formula is C12H11NO5. The first kappa shape index (κ1) is 12.0. The molecule has 6 nitrogen and oxygen atoms in total. The fourth-order valence-corrected chi connectivity index (χ4v) is 1.55. The van der Waals surface area contributed by atoms with E-state index in [0.29, 0.717) is 17.2 Å². The van der Waals surface area contributed by atoms with Crippen molar-refractivity contribution in [1.82, 2.24) is 0 Å². The number of methoxy groups -OCH3 is 2. The number of aromatic hydroxyl groups is 1. The van der Waals surface area contributed by atoms with Crippen LogP contribution in [0.4, 0.5) is 11.4 Å². The predicted octanol–water partition coefficient (Wildman–Crippen LogP) is 0.749. The number of benzene rings is 1. The number of nitrogens with one attached hydrogen (secondary N) is 1. The lowest BCUT2D eigenvalue weighted by molar-refractivity contribution is 0.355. The Morgan fingerprint density at radius 3 is 2.28 bits per heavy atom. The Balaban J connectivity index is 2.31. The fourth-order valence-electron chi connectivity index (χ4n) is 1.55. The number of anilines is 2. The molecule has 0 spiro atoms. The van der Waals surface area contributed by atoms with Crippen LogP contribution in [0.25, 0.3) is 0 Å². The molecule has 2 N–H and O–H groups in total. The molecule has 94 valence electrons. The molecule has 0 saturated heterocycles. The fraction of sp³-hybridized carbons (Fsp3) is 0.167. The van der Waals surface area contributed by atoms with E-state index < -0.39 is 16.6 Å². The van der Waals surface area contributed by atoms with Crippen LogP contribution in [0, 0.1) is 0 Å². The van der Waals surface area contributed by atoms with Crippen molar-refractivity contribution >= 4 is 11.4 Å². The zero-order valence-electron chi connectivity index (χ0n) is 9.81. The summed E-state index contributed by atoms with van der Waals surface area (Å²) in [6.07, 6.45) is 0. The summed E-state index contributed by atoms with van der Waals surface area (Å²) in [6, 6.07) is 4.87. The van der Waals surface area contributed by atoms with Gasteiger partial charge in [0.25, 0.3) is 10.9 Å². The van der Waals surface area contributed by atoms with Gasteiger partial charge < -0.3 is 19.9 Å². The Labute approximate surface area is 102 Å². The number of rotatable bonds is 4. The van der Waals surface area contributed by atoms with Gasteiger partial charge in [0.1, 0.15) is 5.69 Å². The molecule has 0 aliphatic carbocycles. The van der Waals surface area contributed by atoms with Crippen molar-refractivity contribution in [2.45, 2.75) is 0 Å². The first-order valence-electron chi connectivity index (χ1n) is 5.09. The van der Waals surface area contributed by atoms with Crippen LogP contribution in [0.15, 0.2) is 27.8 Å². The van der Waals surface area contributed by atoms with Gasteiger partial charge in [-0.05, 0) is 12.1 Å². The largest absolute Gasteiger partial charge is 0.502 e. The van der Waals surface area contributed by atoms with Crippen LogP contribution in [0.3, 0.4) is 0 Å². The van der Waals surface area contributed by atoms with E-state index in [-0.39, 0.29) is 5.69 Å². The molecule has 0 aliphatic rings. The molecular weight excluding hydrogens is 238 g/mol. The van der Waals surface area contributed by atoms with Crippen LogP contribution in [-0.2, 0) is 0 Å². The van der Waals surface area contributed by atoms with E-state index in [2.05, 4.69) is 5.32 Å².